The average molecular weight is 187 g/mol. The summed E-state index contributed by atoms with van der Waals surface area (Å²) >= 11 is -2.29. The number of hydrogen-bond acceptors (Lipinski definition) is 3. The first-order chi connectivity index (χ1) is 5.65. The first-order valence-electron chi connectivity index (χ1n) is 3.45. The van der Waals surface area contributed by atoms with E-state index in [0.717, 1.165) is 0 Å². The van der Waals surface area contributed by atoms with Crippen molar-refractivity contribution >= 4 is 22.6 Å². The van der Waals surface area contributed by atoms with Crippen LogP contribution >= 0.6 is 0 Å². The van der Waals surface area contributed by atoms with Crippen LogP contribution in [0.4, 0.5) is 0 Å². The summed E-state index contributed by atoms with van der Waals surface area (Å²) in [6.45, 7) is 0. The van der Waals surface area contributed by atoms with E-state index in [1.165, 1.54) is 0 Å². The second kappa shape index (κ2) is 3.71. The van der Waals surface area contributed by atoms with Gasteiger partial charge < -0.3 is 10.1 Å². The highest BCUT2D eigenvalue weighted by Crippen LogP contribution is 2.15. The van der Waals surface area contributed by atoms with E-state index in [9.17, 15) is 13.6 Å². The average Bonchev–Trinajstić information content (AvgIpc) is 2.03. The normalized spacial score (nSPS) is 26.6. The summed E-state index contributed by atoms with van der Waals surface area (Å²) < 4.78 is 21.1. The van der Waals surface area contributed by atoms with Gasteiger partial charge in [-0.2, -0.15) is 4.79 Å². The fourth-order valence-corrected chi connectivity index (χ4v) is 1.83. The van der Waals surface area contributed by atoms with Crippen LogP contribution in [0.2, 0.25) is 0 Å². The van der Waals surface area contributed by atoms with Crippen LogP contribution in [0, 0.1) is 0 Å². The smallest absolute Gasteiger partial charge is 0.290 e. The zero-order chi connectivity index (χ0) is 9.14. The second-order valence-electron chi connectivity index (χ2n) is 2.59. The molecule has 0 bridgehead atoms. The highest BCUT2D eigenvalue weighted by molar-refractivity contribution is 7.80. The quantitative estimate of drug-likeness (QED) is 0.319. The van der Waals surface area contributed by atoms with Gasteiger partial charge >= 0.3 is 0 Å². The van der Waals surface area contributed by atoms with E-state index in [0.29, 0.717) is 0 Å². The Labute approximate surface area is 71.7 Å². The van der Waals surface area contributed by atoms with Crippen LogP contribution in [-0.2, 0) is 15.9 Å². The molecule has 2 atom stereocenters. The van der Waals surface area contributed by atoms with E-state index < -0.39 is 16.3 Å². The predicted molar refractivity (Wildman–Crippen MR) is 40.2 cm³/mol. The van der Waals surface area contributed by atoms with Crippen molar-refractivity contribution in [3.8, 4) is 0 Å². The van der Waals surface area contributed by atoms with Crippen molar-refractivity contribution in [1.29, 1.82) is 0 Å². The standard InChI is InChI=1S/C6H8N2O3S/c7-8-5-3-4(9)1-2-6(5)12(10)11/h6H,1-3H2,(H,10,11)/p-1. The third-order valence-corrected chi connectivity index (χ3v) is 2.77. The maximum absolute atomic E-state index is 10.8. The second-order valence-corrected chi connectivity index (χ2v) is 3.68. The summed E-state index contributed by atoms with van der Waals surface area (Å²) in [4.78, 5) is 13.6. The van der Waals surface area contributed by atoms with Gasteiger partial charge in [0.25, 0.3) is 5.71 Å². The molecule has 6 heteroatoms. The van der Waals surface area contributed by atoms with Gasteiger partial charge in [0.1, 0.15) is 17.5 Å². The van der Waals surface area contributed by atoms with Gasteiger partial charge in [-0.15, -0.1) is 0 Å². The van der Waals surface area contributed by atoms with Crippen LogP contribution in [-0.4, -0.2) is 30.3 Å². The highest BCUT2D eigenvalue weighted by atomic mass is 32.2. The van der Waals surface area contributed by atoms with Gasteiger partial charge in [-0.25, -0.2) is 0 Å². The van der Waals surface area contributed by atoms with Crippen LogP contribution in [0.5, 0.6) is 0 Å². The maximum atomic E-state index is 10.8. The highest BCUT2D eigenvalue weighted by Gasteiger charge is 2.32. The number of Topliss-reactive ketones (excluding diaryl/α,β-unsaturated/α-hetero) is 1. The number of ketones is 1. The Balaban J connectivity index is 2.84. The lowest BCUT2D eigenvalue weighted by Gasteiger charge is -2.18. The minimum absolute atomic E-state index is 0.0465. The molecule has 1 aliphatic carbocycles. The lowest BCUT2D eigenvalue weighted by Crippen LogP contribution is -2.33. The van der Waals surface area contributed by atoms with Crippen LogP contribution < -0.4 is 0 Å². The molecule has 0 heterocycles. The fourth-order valence-electron chi connectivity index (χ4n) is 1.17. The molecule has 0 amide bonds. The third-order valence-electron chi connectivity index (χ3n) is 1.80. The van der Waals surface area contributed by atoms with Gasteiger partial charge in [0.05, 0.1) is 0 Å². The van der Waals surface area contributed by atoms with E-state index in [2.05, 4.69) is 4.79 Å². The Kier molecular flexibility index (Phi) is 2.86. The van der Waals surface area contributed by atoms with Crippen molar-refractivity contribution in [3.05, 3.63) is 5.53 Å². The minimum Gasteiger partial charge on any atom is -0.772 e. The van der Waals surface area contributed by atoms with Crippen molar-refractivity contribution in [2.45, 2.75) is 24.5 Å². The molecule has 0 saturated heterocycles. The third kappa shape index (κ3) is 1.85. The lowest BCUT2D eigenvalue weighted by molar-refractivity contribution is -0.119. The number of carbonyl (C=O) groups is 1. The maximum Gasteiger partial charge on any atom is 0.290 e. The Hall–Kier alpha value is -0.840. The molecule has 1 rings (SSSR count). The molecular formula is C6H7N2O3S-. The zero-order valence-electron chi connectivity index (χ0n) is 6.23. The molecule has 1 saturated carbocycles. The van der Waals surface area contributed by atoms with Gasteiger partial charge in [0, 0.05) is 6.42 Å². The van der Waals surface area contributed by atoms with Gasteiger partial charge in [0.2, 0.25) is 0 Å². The van der Waals surface area contributed by atoms with Crippen molar-refractivity contribution in [2.24, 2.45) is 0 Å². The van der Waals surface area contributed by atoms with Gasteiger partial charge in [-0.05, 0) is 17.5 Å². The minimum atomic E-state index is -2.29. The molecule has 0 radical (unpaired) electrons. The molecule has 0 spiro atoms. The Morgan fingerprint density at radius 2 is 2.33 bits per heavy atom. The molecule has 0 N–H and O–H groups in total. The monoisotopic (exact) mass is 187 g/mol. The summed E-state index contributed by atoms with van der Waals surface area (Å²) in [6, 6.07) is 0. The number of carbonyl (C=O) groups excluding carboxylic acids is 1. The molecule has 1 aliphatic rings. The molecule has 2 unspecified atom stereocenters. The Morgan fingerprint density at radius 3 is 2.83 bits per heavy atom. The summed E-state index contributed by atoms with van der Waals surface area (Å²) in [6.07, 6.45) is 0.432. The van der Waals surface area contributed by atoms with Crippen molar-refractivity contribution in [3.63, 3.8) is 0 Å². The van der Waals surface area contributed by atoms with E-state index >= 15 is 0 Å². The molecule has 1 fully saturated rings. The Morgan fingerprint density at radius 1 is 1.67 bits per heavy atom. The molecule has 0 aromatic carbocycles. The first-order valence-corrected chi connectivity index (χ1v) is 4.59. The SMILES string of the molecule is [N-]=[N+]=C1CC(=O)CCC1S(=O)[O-]. The summed E-state index contributed by atoms with van der Waals surface area (Å²) in [7, 11) is 0. The van der Waals surface area contributed by atoms with Crippen LogP contribution in [0.15, 0.2) is 0 Å². The molecular weight excluding hydrogens is 180 g/mol. The fraction of sp³-hybridized carbons (Fsp3) is 0.667. The molecule has 0 aromatic heterocycles. The summed E-state index contributed by atoms with van der Waals surface area (Å²) in [5.74, 6) is -0.0792. The molecule has 0 aliphatic heterocycles. The van der Waals surface area contributed by atoms with Crippen LogP contribution in [0.3, 0.4) is 0 Å². The number of rotatable bonds is 1. The van der Waals surface area contributed by atoms with Gasteiger partial charge in [-0.3, -0.25) is 9.00 Å². The van der Waals surface area contributed by atoms with Crippen molar-refractivity contribution < 1.29 is 18.3 Å². The summed E-state index contributed by atoms with van der Waals surface area (Å²) in [5, 5.41) is -0.785. The number of hydrogen-bond donors (Lipinski definition) is 0. The topological polar surface area (TPSA) is 93.6 Å². The molecule has 66 valence electrons. The van der Waals surface area contributed by atoms with E-state index in [4.69, 9.17) is 5.53 Å². The molecule has 5 nitrogen and oxygen atoms in total. The van der Waals surface area contributed by atoms with Gasteiger partial charge in [0.15, 0.2) is 0 Å². The Bertz CT molecular complexity index is 283. The van der Waals surface area contributed by atoms with E-state index in [1.54, 1.807) is 0 Å². The van der Waals surface area contributed by atoms with Crippen LogP contribution in [0.25, 0.3) is 5.53 Å². The largest absolute Gasteiger partial charge is 0.772 e. The van der Waals surface area contributed by atoms with E-state index in [1.807, 2.05) is 0 Å². The van der Waals surface area contributed by atoms with Crippen molar-refractivity contribution in [1.82, 2.24) is 0 Å². The van der Waals surface area contributed by atoms with E-state index in [-0.39, 0.29) is 30.8 Å². The van der Waals surface area contributed by atoms with Gasteiger partial charge in [-0.1, -0.05) is 0 Å². The predicted octanol–water partition coefficient (Wildman–Crippen LogP) is -0.342. The molecule has 12 heavy (non-hydrogen) atoms. The van der Waals surface area contributed by atoms with Crippen LogP contribution in [0.1, 0.15) is 19.3 Å². The zero-order valence-corrected chi connectivity index (χ0v) is 7.04. The van der Waals surface area contributed by atoms with Crippen molar-refractivity contribution in [2.75, 3.05) is 0 Å². The number of nitrogens with zero attached hydrogens (tertiary/aromatic N) is 2. The lowest BCUT2D eigenvalue weighted by atomic mass is 9.97. The first kappa shape index (κ1) is 9.25. The summed E-state index contributed by atoms with van der Waals surface area (Å²) in [5.41, 5.74) is 8.45. The molecule has 0 aromatic rings.